The second-order valence-electron chi connectivity index (χ2n) is 5.32. The Kier molecular flexibility index (Phi) is 5.91. The van der Waals surface area contributed by atoms with E-state index in [1.165, 1.54) is 6.92 Å². The highest BCUT2D eigenvalue weighted by Crippen LogP contribution is 2.34. The van der Waals surface area contributed by atoms with E-state index in [0.717, 1.165) is 21.4 Å². The second kappa shape index (κ2) is 7.70. The second-order valence-corrected chi connectivity index (χ2v) is 7.09. The van der Waals surface area contributed by atoms with Crippen molar-refractivity contribution >= 4 is 24.3 Å². The average Bonchev–Trinajstić information content (AvgIpc) is 2.49. The van der Waals surface area contributed by atoms with Gasteiger partial charge in [-0.15, -0.1) is 0 Å². The Hall–Kier alpha value is -1.72. The highest BCUT2D eigenvalue weighted by Gasteiger charge is 2.15. The molecule has 0 unspecified atom stereocenters. The predicted octanol–water partition coefficient (Wildman–Crippen LogP) is 2.69. The quantitative estimate of drug-likeness (QED) is 0.599. The third kappa shape index (κ3) is 5.77. The molecule has 0 fully saturated rings. The molecule has 2 rings (SSSR count). The molecule has 2 aromatic carbocycles. The van der Waals surface area contributed by atoms with E-state index in [1.807, 2.05) is 42.5 Å². The summed E-state index contributed by atoms with van der Waals surface area (Å²) in [6, 6.07) is 13.8. The number of hydroxylamine groups is 2. The van der Waals surface area contributed by atoms with Gasteiger partial charge < -0.3 is 9.79 Å². The van der Waals surface area contributed by atoms with Gasteiger partial charge in [-0.1, -0.05) is 36.4 Å². The van der Waals surface area contributed by atoms with Gasteiger partial charge in [-0.05, 0) is 28.8 Å². The third-order valence-corrected chi connectivity index (χ3v) is 4.26. The molecule has 0 radical (unpaired) electrons. The maximum atomic E-state index is 11.5. The number of hydrogen-bond donors (Lipinski definition) is 2. The molecule has 7 heteroatoms. The zero-order valence-electron chi connectivity index (χ0n) is 12.9. The normalized spacial score (nSPS) is 11.6. The molecule has 2 N–H and O–H groups in total. The molecule has 23 heavy (non-hydrogen) atoms. The number of rotatable bonds is 7. The van der Waals surface area contributed by atoms with Gasteiger partial charge in [0.15, 0.2) is 0 Å². The summed E-state index contributed by atoms with van der Waals surface area (Å²) in [4.78, 5) is 34.7. The molecule has 0 saturated heterocycles. The molecule has 0 aromatic heterocycles. The van der Waals surface area contributed by atoms with Crippen molar-refractivity contribution in [3.8, 4) is 0 Å². The van der Waals surface area contributed by atoms with Crippen LogP contribution in [0.2, 0.25) is 0 Å². The summed E-state index contributed by atoms with van der Waals surface area (Å²) in [5.74, 6) is -0.295. The van der Waals surface area contributed by atoms with Crippen molar-refractivity contribution in [1.29, 1.82) is 0 Å². The maximum absolute atomic E-state index is 11.5. The van der Waals surface area contributed by atoms with E-state index >= 15 is 0 Å². The molecule has 0 heterocycles. The molecule has 0 aliphatic heterocycles. The van der Waals surface area contributed by atoms with Gasteiger partial charge in [-0.3, -0.25) is 14.2 Å². The lowest BCUT2D eigenvalue weighted by Gasteiger charge is -2.20. The Morgan fingerprint density at radius 3 is 2.52 bits per heavy atom. The topological polar surface area (TPSA) is 87.1 Å². The summed E-state index contributed by atoms with van der Waals surface area (Å²) in [6.45, 7) is 1.73. The van der Waals surface area contributed by atoms with Gasteiger partial charge in [-0.2, -0.15) is 0 Å². The maximum Gasteiger partial charge on any atom is 0.325 e. The van der Waals surface area contributed by atoms with E-state index < -0.39 is 7.60 Å². The van der Waals surface area contributed by atoms with E-state index in [2.05, 4.69) is 0 Å². The number of benzene rings is 2. The largest absolute Gasteiger partial charge is 0.325 e. The number of nitrogens with zero attached hydrogens (tertiary/aromatic N) is 1. The van der Waals surface area contributed by atoms with Gasteiger partial charge in [0.25, 0.3) is 0 Å². The molecule has 2 aromatic rings. The van der Waals surface area contributed by atoms with Crippen molar-refractivity contribution < 1.29 is 24.0 Å². The SMILES string of the molecule is CC(=O)N(CCCP(=O)(O)O)OCc1ccc2ccccc2c1. The monoisotopic (exact) mass is 337 g/mol. The fraction of sp³-hybridized carbons (Fsp3) is 0.312. The average molecular weight is 337 g/mol. The molecule has 1 amide bonds. The minimum atomic E-state index is -4.05. The molecule has 0 aliphatic rings. The van der Waals surface area contributed by atoms with Crippen LogP contribution in [0.25, 0.3) is 10.8 Å². The summed E-state index contributed by atoms with van der Waals surface area (Å²) in [5, 5.41) is 3.36. The first kappa shape index (κ1) is 17.6. The molecule has 0 aliphatic carbocycles. The van der Waals surface area contributed by atoms with Crippen molar-refractivity contribution in [2.24, 2.45) is 0 Å². The van der Waals surface area contributed by atoms with Crippen LogP contribution in [0.1, 0.15) is 18.9 Å². The molecule has 0 saturated carbocycles. The van der Waals surface area contributed by atoms with Gasteiger partial charge in [0.05, 0.1) is 6.16 Å². The Morgan fingerprint density at radius 2 is 1.87 bits per heavy atom. The molecule has 124 valence electrons. The van der Waals surface area contributed by atoms with Crippen LogP contribution in [-0.2, 0) is 20.8 Å². The van der Waals surface area contributed by atoms with Crippen LogP contribution < -0.4 is 0 Å². The Bertz CT molecular complexity index is 727. The minimum absolute atomic E-state index is 0.147. The van der Waals surface area contributed by atoms with Crippen LogP contribution in [0.4, 0.5) is 0 Å². The molecule has 0 spiro atoms. The van der Waals surface area contributed by atoms with E-state index in [4.69, 9.17) is 14.6 Å². The number of carbonyl (C=O) groups is 1. The van der Waals surface area contributed by atoms with Crippen molar-refractivity contribution in [2.75, 3.05) is 12.7 Å². The Labute approximate surface area is 134 Å². The van der Waals surface area contributed by atoms with Gasteiger partial charge in [0.2, 0.25) is 5.91 Å². The van der Waals surface area contributed by atoms with Crippen molar-refractivity contribution in [3.63, 3.8) is 0 Å². The van der Waals surface area contributed by atoms with Gasteiger partial charge in [0, 0.05) is 13.5 Å². The summed E-state index contributed by atoms with van der Waals surface area (Å²) in [6.07, 6.45) is -0.0856. The van der Waals surface area contributed by atoms with Crippen molar-refractivity contribution in [1.82, 2.24) is 5.06 Å². The van der Waals surface area contributed by atoms with Crippen LogP contribution in [-0.4, -0.2) is 33.5 Å². The van der Waals surface area contributed by atoms with E-state index in [-0.39, 0.29) is 31.6 Å². The lowest BCUT2D eigenvalue weighted by Crippen LogP contribution is -2.30. The molecular weight excluding hydrogens is 317 g/mol. The summed E-state index contributed by atoms with van der Waals surface area (Å²) < 4.78 is 10.8. The lowest BCUT2D eigenvalue weighted by atomic mass is 10.1. The number of fused-ring (bicyclic) bond motifs is 1. The first-order valence-electron chi connectivity index (χ1n) is 7.28. The number of hydrogen-bond acceptors (Lipinski definition) is 3. The molecule has 6 nitrogen and oxygen atoms in total. The zero-order valence-corrected chi connectivity index (χ0v) is 13.8. The predicted molar refractivity (Wildman–Crippen MR) is 87.7 cm³/mol. The lowest BCUT2D eigenvalue weighted by molar-refractivity contribution is -0.189. The van der Waals surface area contributed by atoms with E-state index in [9.17, 15) is 9.36 Å². The first-order valence-corrected chi connectivity index (χ1v) is 9.08. The minimum Gasteiger partial charge on any atom is -0.324 e. The summed E-state index contributed by atoms with van der Waals surface area (Å²) >= 11 is 0. The first-order chi connectivity index (χ1) is 10.8. The fourth-order valence-electron chi connectivity index (χ4n) is 2.21. The summed E-state index contributed by atoms with van der Waals surface area (Å²) in [5.41, 5.74) is 0.921. The van der Waals surface area contributed by atoms with Gasteiger partial charge >= 0.3 is 7.60 Å². The van der Waals surface area contributed by atoms with Crippen molar-refractivity contribution in [3.05, 3.63) is 48.0 Å². The zero-order chi connectivity index (χ0) is 16.9. The molecule has 0 bridgehead atoms. The van der Waals surface area contributed by atoms with Crippen LogP contribution in [0.15, 0.2) is 42.5 Å². The Morgan fingerprint density at radius 1 is 1.17 bits per heavy atom. The van der Waals surface area contributed by atoms with E-state index in [0.29, 0.717) is 0 Å². The smallest absolute Gasteiger partial charge is 0.324 e. The highest BCUT2D eigenvalue weighted by atomic mass is 31.2. The van der Waals surface area contributed by atoms with Crippen LogP contribution in [0.5, 0.6) is 0 Å². The number of carbonyl (C=O) groups excluding carboxylic acids is 1. The van der Waals surface area contributed by atoms with E-state index in [1.54, 1.807) is 0 Å². The highest BCUT2D eigenvalue weighted by molar-refractivity contribution is 7.51. The molecular formula is C16H20NO5P. The standard InChI is InChI=1S/C16H20NO5P/c1-13(18)17(9-4-10-23(19,20)21)22-12-14-7-8-15-5-2-3-6-16(15)11-14/h2-3,5-8,11H,4,9-10,12H2,1H3,(H2,19,20,21). The van der Waals surface area contributed by atoms with Crippen LogP contribution in [0, 0.1) is 0 Å². The fourth-order valence-corrected chi connectivity index (χ4v) is 2.77. The van der Waals surface area contributed by atoms with Gasteiger partial charge in [-0.25, -0.2) is 5.06 Å². The van der Waals surface area contributed by atoms with Crippen LogP contribution in [0.3, 0.4) is 0 Å². The van der Waals surface area contributed by atoms with Crippen LogP contribution >= 0.6 is 7.60 Å². The van der Waals surface area contributed by atoms with Gasteiger partial charge in [0.1, 0.15) is 6.61 Å². The summed E-state index contributed by atoms with van der Waals surface area (Å²) in [7, 11) is -4.05. The van der Waals surface area contributed by atoms with Crippen molar-refractivity contribution in [2.45, 2.75) is 20.0 Å². The number of amides is 1. The molecule has 0 atom stereocenters. The Balaban J connectivity index is 1.94. The third-order valence-electron chi connectivity index (χ3n) is 3.36.